The molecule has 0 radical (unpaired) electrons. The molecule has 1 heterocycles. The van der Waals surface area contributed by atoms with E-state index in [0.717, 1.165) is 23.1 Å². The monoisotopic (exact) mass is 485 g/mol. The lowest BCUT2D eigenvalue weighted by Crippen LogP contribution is -2.31. The predicted molar refractivity (Wildman–Crippen MR) is 139 cm³/mol. The number of Topliss-reactive ketones (excluding diaryl/α,β-unsaturated/α-hetero) is 1. The minimum Gasteiger partial charge on any atom is -0.507 e. The first-order chi connectivity index (χ1) is 17.5. The number of hydrogen-bond donors (Lipinski definition) is 1. The van der Waals surface area contributed by atoms with Crippen LogP contribution in [0.3, 0.4) is 0 Å². The van der Waals surface area contributed by atoms with Gasteiger partial charge in [0.25, 0.3) is 11.7 Å². The maximum Gasteiger partial charge on any atom is 0.295 e. The van der Waals surface area contributed by atoms with Crippen LogP contribution in [0.15, 0.2) is 84.4 Å². The number of carbonyl (C=O) groups is 2. The first-order valence-electron chi connectivity index (χ1n) is 12.2. The zero-order chi connectivity index (χ0) is 25.5. The number of rotatable bonds is 10. The van der Waals surface area contributed by atoms with Crippen molar-refractivity contribution in [3.8, 4) is 5.75 Å². The summed E-state index contributed by atoms with van der Waals surface area (Å²) in [6, 6.07) is 23.9. The molecular formula is C30H31NO5. The number of amides is 1. The molecule has 1 saturated heterocycles. The normalized spacial score (nSPS) is 16.9. The Labute approximate surface area is 211 Å². The topological polar surface area (TPSA) is 76.1 Å². The zero-order valence-corrected chi connectivity index (χ0v) is 20.6. The number of ketones is 1. The van der Waals surface area contributed by atoms with Crippen molar-refractivity contribution >= 4 is 17.4 Å². The van der Waals surface area contributed by atoms with E-state index in [4.69, 9.17) is 9.47 Å². The van der Waals surface area contributed by atoms with E-state index in [0.29, 0.717) is 37.5 Å². The van der Waals surface area contributed by atoms with Crippen LogP contribution < -0.4 is 4.74 Å². The second-order valence-electron chi connectivity index (χ2n) is 8.73. The second-order valence-corrected chi connectivity index (χ2v) is 8.73. The van der Waals surface area contributed by atoms with E-state index >= 15 is 0 Å². The highest BCUT2D eigenvalue weighted by molar-refractivity contribution is 6.46. The van der Waals surface area contributed by atoms with Gasteiger partial charge in [0.2, 0.25) is 0 Å². The van der Waals surface area contributed by atoms with Crippen molar-refractivity contribution in [2.45, 2.75) is 32.4 Å². The number of aliphatic hydroxyl groups excluding tert-OH is 1. The lowest BCUT2D eigenvalue weighted by atomic mass is 9.94. The van der Waals surface area contributed by atoms with Gasteiger partial charge in [-0.05, 0) is 53.8 Å². The van der Waals surface area contributed by atoms with Crippen molar-refractivity contribution in [1.29, 1.82) is 0 Å². The summed E-state index contributed by atoms with van der Waals surface area (Å²) in [6.45, 7) is 3.31. The van der Waals surface area contributed by atoms with Gasteiger partial charge >= 0.3 is 0 Å². The molecule has 1 fully saturated rings. The number of likely N-dealkylation sites (tertiary alicyclic amines) is 1. The third kappa shape index (κ3) is 5.50. The second kappa shape index (κ2) is 11.7. The zero-order valence-electron chi connectivity index (χ0n) is 20.6. The van der Waals surface area contributed by atoms with E-state index in [-0.39, 0.29) is 11.3 Å². The van der Waals surface area contributed by atoms with E-state index in [1.807, 2.05) is 54.6 Å². The molecule has 0 spiro atoms. The fraction of sp³-hybridized carbons (Fsp3) is 0.267. The Hall–Kier alpha value is -3.90. The van der Waals surface area contributed by atoms with Crippen LogP contribution in [0.1, 0.15) is 41.6 Å². The smallest absolute Gasteiger partial charge is 0.295 e. The molecule has 1 unspecified atom stereocenters. The van der Waals surface area contributed by atoms with Crippen LogP contribution in [0.5, 0.6) is 5.75 Å². The molecule has 1 aliphatic rings. The molecule has 0 saturated carbocycles. The Morgan fingerprint density at radius 3 is 2.25 bits per heavy atom. The number of aryl methyl sites for hydroxylation is 1. The van der Waals surface area contributed by atoms with Crippen molar-refractivity contribution in [3.05, 3.63) is 107 Å². The summed E-state index contributed by atoms with van der Waals surface area (Å²) in [6.07, 6.45) is 1.47. The minimum atomic E-state index is -0.682. The Balaban J connectivity index is 1.64. The van der Waals surface area contributed by atoms with Crippen LogP contribution in [-0.4, -0.2) is 42.0 Å². The summed E-state index contributed by atoms with van der Waals surface area (Å²) in [7, 11) is 1.60. The Morgan fingerprint density at radius 2 is 1.61 bits per heavy atom. The van der Waals surface area contributed by atoms with Gasteiger partial charge in [-0.1, -0.05) is 61.5 Å². The molecule has 0 aromatic heterocycles. The molecule has 0 bridgehead atoms. The molecular weight excluding hydrogens is 454 g/mol. The highest BCUT2D eigenvalue weighted by atomic mass is 16.5. The summed E-state index contributed by atoms with van der Waals surface area (Å²) in [5.74, 6) is -0.845. The summed E-state index contributed by atoms with van der Waals surface area (Å²) >= 11 is 0. The van der Waals surface area contributed by atoms with Crippen LogP contribution in [0, 0.1) is 0 Å². The van der Waals surface area contributed by atoms with Gasteiger partial charge in [0.1, 0.15) is 18.1 Å². The molecule has 1 N–H and O–H groups in total. The van der Waals surface area contributed by atoms with Gasteiger partial charge in [0.15, 0.2) is 0 Å². The van der Waals surface area contributed by atoms with Gasteiger partial charge in [0.05, 0.1) is 11.6 Å². The molecule has 6 nitrogen and oxygen atoms in total. The Kier molecular flexibility index (Phi) is 8.18. The largest absolute Gasteiger partial charge is 0.507 e. The van der Waals surface area contributed by atoms with Crippen LogP contribution >= 0.6 is 0 Å². The van der Waals surface area contributed by atoms with Gasteiger partial charge in [-0.15, -0.1) is 0 Å². The van der Waals surface area contributed by atoms with Crippen molar-refractivity contribution in [1.82, 2.24) is 4.90 Å². The fourth-order valence-electron chi connectivity index (χ4n) is 4.38. The lowest BCUT2D eigenvalue weighted by Gasteiger charge is -2.25. The number of hydrogen-bond acceptors (Lipinski definition) is 5. The first kappa shape index (κ1) is 25.2. The van der Waals surface area contributed by atoms with E-state index in [9.17, 15) is 14.7 Å². The molecule has 1 atom stereocenters. The van der Waals surface area contributed by atoms with Gasteiger partial charge in [-0.3, -0.25) is 9.59 Å². The van der Waals surface area contributed by atoms with Gasteiger partial charge in [-0.2, -0.15) is 0 Å². The van der Waals surface area contributed by atoms with Crippen LogP contribution in [0.25, 0.3) is 5.76 Å². The molecule has 36 heavy (non-hydrogen) atoms. The third-order valence-corrected chi connectivity index (χ3v) is 6.37. The molecule has 6 heteroatoms. The molecule has 1 aliphatic heterocycles. The number of nitrogens with zero attached hydrogens (tertiary/aromatic N) is 1. The van der Waals surface area contributed by atoms with Gasteiger partial charge in [-0.25, -0.2) is 0 Å². The number of methoxy groups -OCH3 is 1. The molecule has 4 rings (SSSR count). The highest BCUT2D eigenvalue weighted by Gasteiger charge is 2.45. The summed E-state index contributed by atoms with van der Waals surface area (Å²) < 4.78 is 11.0. The van der Waals surface area contributed by atoms with Crippen molar-refractivity contribution in [2.75, 3.05) is 20.3 Å². The first-order valence-corrected chi connectivity index (χ1v) is 12.2. The average Bonchev–Trinajstić information content (AvgIpc) is 3.17. The molecule has 186 valence electrons. The number of aliphatic hydroxyl groups is 1. The SMILES string of the molecule is CCc1ccc(C2/C(=C(\O)c3ccc(OCc4ccccc4)cc3)C(=O)C(=O)N2CCCOC)cc1. The maximum atomic E-state index is 13.1. The standard InChI is InChI=1S/C30H31NO5/c1-3-21-10-12-23(13-11-21)27-26(29(33)30(34)31(27)18-7-19-35-2)28(32)24-14-16-25(17-15-24)36-20-22-8-5-4-6-9-22/h4-6,8-17,27,32H,3,7,18-20H2,1-2H3/b28-26+. The number of benzene rings is 3. The van der Waals surface area contributed by atoms with Crippen LogP contribution in [0.4, 0.5) is 0 Å². The molecule has 3 aromatic rings. The van der Waals surface area contributed by atoms with Crippen molar-refractivity contribution < 1.29 is 24.2 Å². The van der Waals surface area contributed by atoms with Crippen LogP contribution in [-0.2, 0) is 27.4 Å². The molecule has 3 aromatic carbocycles. The molecule has 1 amide bonds. The summed E-state index contributed by atoms with van der Waals surface area (Å²) in [5, 5.41) is 11.2. The average molecular weight is 486 g/mol. The van der Waals surface area contributed by atoms with Crippen molar-refractivity contribution in [3.63, 3.8) is 0 Å². The highest BCUT2D eigenvalue weighted by Crippen LogP contribution is 2.39. The van der Waals surface area contributed by atoms with Gasteiger partial charge < -0.3 is 19.5 Å². The van der Waals surface area contributed by atoms with Crippen molar-refractivity contribution in [2.24, 2.45) is 0 Å². The van der Waals surface area contributed by atoms with E-state index in [1.54, 1.807) is 31.4 Å². The third-order valence-electron chi connectivity index (χ3n) is 6.37. The van der Waals surface area contributed by atoms with E-state index < -0.39 is 17.7 Å². The Bertz CT molecular complexity index is 1220. The van der Waals surface area contributed by atoms with E-state index in [2.05, 4.69) is 6.92 Å². The Morgan fingerprint density at radius 1 is 0.917 bits per heavy atom. The predicted octanol–water partition coefficient (Wildman–Crippen LogP) is 5.29. The van der Waals surface area contributed by atoms with Gasteiger partial charge in [0, 0.05) is 25.8 Å². The quantitative estimate of drug-likeness (QED) is 0.183. The summed E-state index contributed by atoms with van der Waals surface area (Å²) in [4.78, 5) is 27.7. The van der Waals surface area contributed by atoms with Crippen LogP contribution in [0.2, 0.25) is 0 Å². The fourth-order valence-corrected chi connectivity index (χ4v) is 4.38. The molecule has 0 aliphatic carbocycles. The number of ether oxygens (including phenoxy) is 2. The number of carbonyl (C=O) groups excluding carboxylic acids is 2. The maximum absolute atomic E-state index is 13.1. The minimum absolute atomic E-state index is 0.0969. The summed E-state index contributed by atoms with van der Waals surface area (Å²) in [5.41, 5.74) is 3.54. The lowest BCUT2D eigenvalue weighted by molar-refractivity contribution is -0.140. The van der Waals surface area contributed by atoms with E-state index in [1.165, 1.54) is 4.90 Å².